The number of nitrogens with zero attached hydrogens (tertiary/aromatic N) is 1. The maximum absolute atomic E-state index is 12.1. The fourth-order valence-electron chi connectivity index (χ4n) is 1.90. The molecule has 2 aromatic heterocycles. The van der Waals surface area contributed by atoms with Gasteiger partial charge in [0, 0.05) is 11.6 Å². The lowest BCUT2D eigenvalue weighted by atomic mass is 10.2. The van der Waals surface area contributed by atoms with Crippen LogP contribution in [0.5, 0.6) is 0 Å². The molecule has 0 aliphatic heterocycles. The SMILES string of the molecule is O=C(NCc1ccccc1Cl)c1cc(-c2cccs2)[nH]n1. The Morgan fingerprint density at radius 1 is 1.29 bits per heavy atom. The van der Waals surface area contributed by atoms with Crippen LogP contribution in [0.25, 0.3) is 10.6 Å². The van der Waals surface area contributed by atoms with Gasteiger partial charge in [-0.15, -0.1) is 11.3 Å². The Hall–Kier alpha value is -2.11. The Labute approximate surface area is 130 Å². The van der Waals surface area contributed by atoms with Crippen LogP contribution in [0.1, 0.15) is 16.1 Å². The number of carbonyl (C=O) groups excluding carboxylic acids is 1. The molecule has 106 valence electrons. The maximum atomic E-state index is 12.1. The molecule has 1 aromatic carbocycles. The molecule has 0 saturated carbocycles. The van der Waals surface area contributed by atoms with Gasteiger partial charge in [-0.2, -0.15) is 5.10 Å². The van der Waals surface area contributed by atoms with E-state index < -0.39 is 0 Å². The normalized spacial score (nSPS) is 10.5. The van der Waals surface area contributed by atoms with Gasteiger partial charge in [0.15, 0.2) is 5.69 Å². The molecule has 0 aliphatic carbocycles. The van der Waals surface area contributed by atoms with Crippen LogP contribution in [0, 0.1) is 0 Å². The van der Waals surface area contributed by atoms with E-state index in [4.69, 9.17) is 11.6 Å². The summed E-state index contributed by atoms with van der Waals surface area (Å²) in [5.41, 5.74) is 2.08. The quantitative estimate of drug-likeness (QED) is 0.770. The first-order chi connectivity index (χ1) is 10.2. The van der Waals surface area contributed by atoms with E-state index in [9.17, 15) is 4.79 Å². The van der Waals surface area contributed by atoms with E-state index >= 15 is 0 Å². The van der Waals surface area contributed by atoms with Crippen LogP contribution in [-0.2, 0) is 6.54 Å². The summed E-state index contributed by atoms with van der Waals surface area (Å²) in [6, 6.07) is 13.1. The van der Waals surface area contributed by atoms with Crippen molar-refractivity contribution in [2.24, 2.45) is 0 Å². The summed E-state index contributed by atoms with van der Waals surface area (Å²) in [6.07, 6.45) is 0. The van der Waals surface area contributed by atoms with Crippen LogP contribution >= 0.6 is 22.9 Å². The molecule has 0 radical (unpaired) electrons. The number of aromatic amines is 1. The Kier molecular flexibility index (Phi) is 4.03. The molecule has 0 saturated heterocycles. The van der Waals surface area contributed by atoms with E-state index in [1.54, 1.807) is 23.5 Å². The van der Waals surface area contributed by atoms with E-state index in [0.717, 1.165) is 16.1 Å². The van der Waals surface area contributed by atoms with Gasteiger partial charge in [-0.3, -0.25) is 9.89 Å². The van der Waals surface area contributed by atoms with Crippen molar-refractivity contribution in [3.8, 4) is 10.6 Å². The average Bonchev–Trinajstić information content (AvgIpc) is 3.16. The molecule has 1 amide bonds. The van der Waals surface area contributed by atoms with E-state index in [1.165, 1.54) is 0 Å². The number of rotatable bonds is 4. The number of halogens is 1. The molecule has 2 heterocycles. The zero-order valence-electron chi connectivity index (χ0n) is 11.0. The summed E-state index contributed by atoms with van der Waals surface area (Å²) in [5, 5.41) is 12.3. The molecular weight excluding hydrogens is 306 g/mol. The van der Waals surface area contributed by atoms with Crippen molar-refractivity contribution >= 4 is 28.8 Å². The molecule has 3 rings (SSSR count). The van der Waals surface area contributed by atoms with Gasteiger partial charge in [0.05, 0.1) is 10.6 Å². The number of hydrogen-bond acceptors (Lipinski definition) is 3. The number of aromatic nitrogens is 2. The van der Waals surface area contributed by atoms with E-state index in [0.29, 0.717) is 17.3 Å². The number of thiophene rings is 1. The van der Waals surface area contributed by atoms with Gasteiger partial charge in [-0.05, 0) is 29.1 Å². The molecule has 2 N–H and O–H groups in total. The first-order valence-corrected chi connectivity index (χ1v) is 7.60. The van der Waals surface area contributed by atoms with Crippen molar-refractivity contribution in [3.05, 3.63) is 64.1 Å². The molecule has 0 bridgehead atoms. The molecule has 0 spiro atoms. The third kappa shape index (κ3) is 3.15. The largest absolute Gasteiger partial charge is 0.347 e. The molecule has 0 unspecified atom stereocenters. The van der Waals surface area contributed by atoms with E-state index in [2.05, 4.69) is 15.5 Å². The first kappa shape index (κ1) is 13.9. The Morgan fingerprint density at radius 3 is 2.90 bits per heavy atom. The fourth-order valence-corrected chi connectivity index (χ4v) is 2.80. The highest BCUT2D eigenvalue weighted by Gasteiger charge is 2.12. The highest BCUT2D eigenvalue weighted by atomic mass is 35.5. The van der Waals surface area contributed by atoms with E-state index in [-0.39, 0.29) is 5.91 Å². The average molecular weight is 318 g/mol. The second kappa shape index (κ2) is 6.11. The zero-order chi connectivity index (χ0) is 14.7. The molecular formula is C15H12ClN3OS. The van der Waals surface area contributed by atoms with Crippen LogP contribution in [-0.4, -0.2) is 16.1 Å². The fraction of sp³-hybridized carbons (Fsp3) is 0.0667. The van der Waals surface area contributed by atoms with Gasteiger partial charge in [-0.25, -0.2) is 0 Å². The van der Waals surface area contributed by atoms with Crippen molar-refractivity contribution in [1.82, 2.24) is 15.5 Å². The second-order valence-corrected chi connectivity index (χ2v) is 5.77. The minimum atomic E-state index is -0.228. The molecule has 4 nitrogen and oxygen atoms in total. The Bertz CT molecular complexity index is 752. The zero-order valence-corrected chi connectivity index (χ0v) is 12.5. The summed E-state index contributed by atoms with van der Waals surface area (Å²) in [7, 11) is 0. The summed E-state index contributed by atoms with van der Waals surface area (Å²) in [6.45, 7) is 0.375. The van der Waals surface area contributed by atoms with Crippen LogP contribution in [0.2, 0.25) is 5.02 Å². The number of nitrogens with one attached hydrogen (secondary N) is 2. The van der Waals surface area contributed by atoms with Crippen molar-refractivity contribution in [3.63, 3.8) is 0 Å². The van der Waals surface area contributed by atoms with Gasteiger partial charge >= 0.3 is 0 Å². The number of hydrogen-bond donors (Lipinski definition) is 2. The summed E-state index contributed by atoms with van der Waals surface area (Å²) in [4.78, 5) is 13.1. The monoisotopic (exact) mass is 317 g/mol. The predicted molar refractivity (Wildman–Crippen MR) is 84.5 cm³/mol. The van der Waals surface area contributed by atoms with Crippen molar-refractivity contribution in [1.29, 1.82) is 0 Å². The number of carbonyl (C=O) groups is 1. The highest BCUT2D eigenvalue weighted by Crippen LogP contribution is 2.23. The molecule has 3 aromatic rings. The molecule has 6 heteroatoms. The van der Waals surface area contributed by atoms with Crippen molar-refractivity contribution in [2.75, 3.05) is 0 Å². The summed E-state index contributed by atoms with van der Waals surface area (Å²) in [5.74, 6) is -0.228. The lowest BCUT2D eigenvalue weighted by Crippen LogP contribution is -2.23. The van der Waals surface area contributed by atoms with Crippen LogP contribution in [0.15, 0.2) is 47.8 Å². The predicted octanol–water partition coefficient (Wildman–Crippen LogP) is 3.72. The smallest absolute Gasteiger partial charge is 0.272 e. The molecule has 21 heavy (non-hydrogen) atoms. The first-order valence-electron chi connectivity index (χ1n) is 6.35. The third-order valence-corrected chi connectivity index (χ3v) is 4.27. The lowest BCUT2D eigenvalue weighted by molar-refractivity contribution is 0.0946. The topological polar surface area (TPSA) is 57.8 Å². The number of amides is 1. The van der Waals surface area contributed by atoms with Crippen LogP contribution < -0.4 is 5.32 Å². The van der Waals surface area contributed by atoms with Gasteiger partial charge in [-0.1, -0.05) is 35.9 Å². The third-order valence-electron chi connectivity index (χ3n) is 2.99. The number of H-pyrrole nitrogens is 1. The highest BCUT2D eigenvalue weighted by molar-refractivity contribution is 7.13. The molecule has 0 fully saturated rings. The molecule has 0 aliphatic rings. The maximum Gasteiger partial charge on any atom is 0.272 e. The van der Waals surface area contributed by atoms with E-state index in [1.807, 2.05) is 35.7 Å². The van der Waals surface area contributed by atoms with Crippen LogP contribution in [0.4, 0.5) is 0 Å². The summed E-state index contributed by atoms with van der Waals surface area (Å²) < 4.78 is 0. The van der Waals surface area contributed by atoms with Gasteiger partial charge in [0.1, 0.15) is 0 Å². The molecule has 0 atom stereocenters. The number of benzene rings is 1. The minimum absolute atomic E-state index is 0.228. The second-order valence-electron chi connectivity index (χ2n) is 4.42. The Morgan fingerprint density at radius 2 is 2.14 bits per heavy atom. The minimum Gasteiger partial charge on any atom is -0.347 e. The van der Waals surface area contributed by atoms with Crippen LogP contribution in [0.3, 0.4) is 0 Å². The van der Waals surface area contributed by atoms with Crippen molar-refractivity contribution < 1.29 is 4.79 Å². The van der Waals surface area contributed by atoms with Gasteiger partial charge in [0.2, 0.25) is 0 Å². The van der Waals surface area contributed by atoms with Crippen molar-refractivity contribution in [2.45, 2.75) is 6.54 Å². The Balaban J connectivity index is 1.68. The van der Waals surface area contributed by atoms with Gasteiger partial charge < -0.3 is 5.32 Å². The lowest BCUT2D eigenvalue weighted by Gasteiger charge is -2.04. The van der Waals surface area contributed by atoms with Gasteiger partial charge in [0.25, 0.3) is 5.91 Å². The standard InChI is InChI=1S/C15H12ClN3OS/c16-11-5-2-1-4-10(11)9-17-15(20)13-8-12(18-19-13)14-6-3-7-21-14/h1-8H,9H2,(H,17,20)(H,18,19). The summed E-state index contributed by atoms with van der Waals surface area (Å²) >= 11 is 7.65.